The van der Waals surface area contributed by atoms with Gasteiger partial charge in [0, 0.05) is 35.9 Å². The maximum absolute atomic E-state index is 12.5. The van der Waals surface area contributed by atoms with Crippen LogP contribution < -0.4 is 0 Å². The first-order chi connectivity index (χ1) is 14.0. The summed E-state index contributed by atoms with van der Waals surface area (Å²) in [7, 11) is 1.79. The lowest BCUT2D eigenvalue weighted by molar-refractivity contribution is -0.129. The molecule has 4 rings (SSSR count). The SMILES string of the molecule is Cc1ccccc1CC(=O)N(C)CCc1noc(-c2cc3cc(Cl)ccc3[nH]2)n1. The molecule has 1 amide bonds. The maximum Gasteiger partial charge on any atom is 0.274 e. The number of amides is 1. The number of carbonyl (C=O) groups is 1. The molecule has 0 unspecified atom stereocenters. The molecule has 0 atom stereocenters. The van der Waals surface area contributed by atoms with Crippen LogP contribution in [0.1, 0.15) is 17.0 Å². The number of aromatic nitrogens is 3. The number of halogens is 1. The van der Waals surface area contributed by atoms with E-state index in [1.807, 2.05) is 55.5 Å². The smallest absolute Gasteiger partial charge is 0.274 e. The average Bonchev–Trinajstić information content (AvgIpc) is 3.34. The Morgan fingerprint density at radius 2 is 2.03 bits per heavy atom. The summed E-state index contributed by atoms with van der Waals surface area (Å²) < 4.78 is 5.39. The Bertz CT molecular complexity index is 1160. The number of carbonyl (C=O) groups excluding carboxylic acids is 1. The first-order valence-electron chi connectivity index (χ1n) is 9.39. The van der Waals surface area contributed by atoms with Gasteiger partial charge in [0.15, 0.2) is 5.82 Å². The Morgan fingerprint density at radius 1 is 1.21 bits per heavy atom. The molecule has 0 fully saturated rings. The third-order valence-electron chi connectivity index (χ3n) is 4.98. The molecule has 0 aliphatic heterocycles. The van der Waals surface area contributed by atoms with Crippen molar-refractivity contribution in [3.8, 4) is 11.6 Å². The second kappa shape index (κ2) is 8.09. The van der Waals surface area contributed by atoms with Crippen molar-refractivity contribution in [2.24, 2.45) is 0 Å². The molecule has 0 saturated carbocycles. The Labute approximate surface area is 173 Å². The van der Waals surface area contributed by atoms with Gasteiger partial charge in [0.25, 0.3) is 5.89 Å². The quantitative estimate of drug-likeness (QED) is 0.512. The average molecular weight is 409 g/mol. The predicted octanol–water partition coefficient (Wildman–Crippen LogP) is 4.42. The van der Waals surface area contributed by atoms with Crippen LogP contribution >= 0.6 is 11.6 Å². The topological polar surface area (TPSA) is 75.0 Å². The van der Waals surface area contributed by atoms with E-state index in [-0.39, 0.29) is 5.91 Å². The van der Waals surface area contributed by atoms with E-state index in [4.69, 9.17) is 16.1 Å². The molecule has 1 N–H and O–H groups in total. The molecule has 2 heterocycles. The molecule has 29 heavy (non-hydrogen) atoms. The molecule has 0 radical (unpaired) electrons. The fraction of sp³-hybridized carbons (Fsp3) is 0.227. The third kappa shape index (κ3) is 4.32. The van der Waals surface area contributed by atoms with E-state index >= 15 is 0 Å². The van der Waals surface area contributed by atoms with E-state index in [1.165, 1.54) is 0 Å². The van der Waals surface area contributed by atoms with Gasteiger partial charge in [-0.05, 0) is 42.3 Å². The molecular weight excluding hydrogens is 388 g/mol. The van der Waals surface area contributed by atoms with E-state index in [0.29, 0.717) is 36.1 Å². The number of nitrogens with one attached hydrogen (secondary N) is 1. The van der Waals surface area contributed by atoms with Crippen molar-refractivity contribution in [3.05, 3.63) is 70.5 Å². The van der Waals surface area contributed by atoms with Crippen LogP contribution in [0.3, 0.4) is 0 Å². The fourth-order valence-corrected chi connectivity index (χ4v) is 3.36. The van der Waals surface area contributed by atoms with Gasteiger partial charge in [0.2, 0.25) is 5.91 Å². The molecule has 4 aromatic rings. The highest BCUT2D eigenvalue weighted by Crippen LogP contribution is 2.25. The summed E-state index contributed by atoms with van der Waals surface area (Å²) in [5.41, 5.74) is 3.86. The van der Waals surface area contributed by atoms with Crippen molar-refractivity contribution < 1.29 is 9.32 Å². The third-order valence-corrected chi connectivity index (χ3v) is 5.22. The molecule has 2 aromatic carbocycles. The van der Waals surface area contributed by atoms with Gasteiger partial charge >= 0.3 is 0 Å². The molecule has 0 bridgehead atoms. The first-order valence-corrected chi connectivity index (χ1v) is 9.77. The van der Waals surface area contributed by atoms with Crippen molar-refractivity contribution in [1.82, 2.24) is 20.0 Å². The van der Waals surface area contributed by atoms with Crippen LogP contribution in [-0.2, 0) is 17.6 Å². The molecule has 0 aliphatic rings. The number of hydrogen-bond donors (Lipinski definition) is 1. The van der Waals surface area contributed by atoms with Crippen molar-refractivity contribution in [1.29, 1.82) is 0 Å². The number of nitrogens with zero attached hydrogens (tertiary/aromatic N) is 3. The van der Waals surface area contributed by atoms with Crippen LogP contribution in [0.5, 0.6) is 0 Å². The summed E-state index contributed by atoms with van der Waals surface area (Å²) in [6, 6.07) is 15.5. The molecule has 0 aliphatic carbocycles. The van der Waals surface area contributed by atoms with Gasteiger partial charge in [-0.1, -0.05) is 41.0 Å². The summed E-state index contributed by atoms with van der Waals surface area (Å²) in [5, 5.41) is 5.69. The zero-order valence-electron chi connectivity index (χ0n) is 16.3. The second-order valence-electron chi connectivity index (χ2n) is 7.10. The standard InChI is InChI=1S/C22H21ClN4O2/c1-14-5-3-4-6-15(14)13-21(28)27(2)10-9-20-25-22(29-26-20)19-12-16-11-17(23)7-8-18(16)24-19/h3-8,11-12,24H,9-10,13H2,1-2H3. The van der Waals surface area contributed by atoms with E-state index in [2.05, 4.69) is 15.1 Å². The highest BCUT2D eigenvalue weighted by molar-refractivity contribution is 6.31. The molecule has 2 aromatic heterocycles. The van der Waals surface area contributed by atoms with Crippen molar-refractivity contribution in [3.63, 3.8) is 0 Å². The Hall–Kier alpha value is -3.12. The van der Waals surface area contributed by atoms with Crippen LogP contribution in [-0.4, -0.2) is 39.5 Å². The van der Waals surface area contributed by atoms with E-state index in [1.54, 1.807) is 11.9 Å². The lowest BCUT2D eigenvalue weighted by Crippen LogP contribution is -2.30. The van der Waals surface area contributed by atoms with Crippen molar-refractivity contribution in [2.75, 3.05) is 13.6 Å². The van der Waals surface area contributed by atoms with Crippen LogP contribution in [0.4, 0.5) is 0 Å². The number of rotatable bonds is 6. The number of fused-ring (bicyclic) bond motifs is 1. The zero-order valence-corrected chi connectivity index (χ0v) is 17.0. The van der Waals surface area contributed by atoms with Crippen molar-refractivity contribution >= 4 is 28.4 Å². The maximum atomic E-state index is 12.5. The normalized spacial score (nSPS) is 11.1. The summed E-state index contributed by atoms with van der Waals surface area (Å²) in [6.45, 7) is 2.54. The number of hydrogen-bond acceptors (Lipinski definition) is 4. The number of likely N-dealkylation sites (N-methyl/N-ethyl adjacent to an activating group) is 1. The van der Waals surface area contributed by atoms with E-state index < -0.39 is 0 Å². The van der Waals surface area contributed by atoms with Gasteiger partial charge in [-0.3, -0.25) is 4.79 Å². The number of aryl methyl sites for hydroxylation is 1. The summed E-state index contributed by atoms with van der Waals surface area (Å²) in [6.07, 6.45) is 0.907. The van der Waals surface area contributed by atoms with Crippen LogP contribution in [0, 0.1) is 6.92 Å². The molecule has 7 heteroatoms. The van der Waals surface area contributed by atoms with E-state index in [9.17, 15) is 4.79 Å². The second-order valence-corrected chi connectivity index (χ2v) is 7.54. The van der Waals surface area contributed by atoms with E-state index in [0.717, 1.165) is 27.7 Å². The summed E-state index contributed by atoms with van der Waals surface area (Å²) in [4.78, 5) is 21.9. The molecular formula is C22H21ClN4O2. The highest BCUT2D eigenvalue weighted by Gasteiger charge is 2.15. The largest absolute Gasteiger partial charge is 0.351 e. The number of aromatic amines is 1. The minimum Gasteiger partial charge on any atom is -0.351 e. The number of H-pyrrole nitrogens is 1. The van der Waals surface area contributed by atoms with Crippen LogP contribution in [0.25, 0.3) is 22.5 Å². The molecule has 6 nitrogen and oxygen atoms in total. The lowest BCUT2D eigenvalue weighted by atomic mass is 10.1. The van der Waals surface area contributed by atoms with Gasteiger partial charge in [0.1, 0.15) is 5.69 Å². The van der Waals surface area contributed by atoms with Gasteiger partial charge in [-0.2, -0.15) is 4.98 Å². The Morgan fingerprint density at radius 3 is 2.86 bits per heavy atom. The van der Waals surface area contributed by atoms with Gasteiger partial charge in [-0.15, -0.1) is 0 Å². The summed E-state index contributed by atoms with van der Waals surface area (Å²) in [5.74, 6) is 1.05. The Balaban J connectivity index is 1.38. The molecule has 0 spiro atoms. The number of benzene rings is 2. The minimum absolute atomic E-state index is 0.0653. The lowest BCUT2D eigenvalue weighted by Gasteiger charge is -2.16. The molecule has 0 saturated heterocycles. The first kappa shape index (κ1) is 19.2. The minimum atomic E-state index is 0.0653. The fourth-order valence-electron chi connectivity index (χ4n) is 3.18. The van der Waals surface area contributed by atoms with Gasteiger partial charge in [0.05, 0.1) is 6.42 Å². The van der Waals surface area contributed by atoms with Crippen LogP contribution in [0.15, 0.2) is 53.1 Å². The van der Waals surface area contributed by atoms with Crippen molar-refractivity contribution in [2.45, 2.75) is 19.8 Å². The monoisotopic (exact) mass is 408 g/mol. The molecule has 148 valence electrons. The van der Waals surface area contributed by atoms with Gasteiger partial charge < -0.3 is 14.4 Å². The highest BCUT2D eigenvalue weighted by atomic mass is 35.5. The van der Waals surface area contributed by atoms with Gasteiger partial charge in [-0.25, -0.2) is 0 Å². The van der Waals surface area contributed by atoms with Crippen LogP contribution in [0.2, 0.25) is 5.02 Å². The predicted molar refractivity (Wildman–Crippen MR) is 113 cm³/mol. The summed E-state index contributed by atoms with van der Waals surface area (Å²) >= 11 is 6.04. The Kier molecular flexibility index (Phi) is 5.36. The zero-order chi connectivity index (χ0) is 20.4.